The van der Waals surface area contributed by atoms with Gasteiger partial charge in [-0.15, -0.1) is 0 Å². The van der Waals surface area contributed by atoms with Gasteiger partial charge in [0.05, 0.1) is 15.6 Å². The molecule has 1 fully saturated rings. The molecule has 0 radical (unpaired) electrons. The number of carboxylic acid groups (broad SMARTS) is 1. The summed E-state index contributed by atoms with van der Waals surface area (Å²) in [5.74, 6) is -2.76. The third kappa shape index (κ3) is 8.84. The zero-order chi connectivity index (χ0) is 27.1. The summed E-state index contributed by atoms with van der Waals surface area (Å²) in [6.07, 6.45) is -1.78. The van der Waals surface area contributed by atoms with Crippen molar-refractivity contribution < 1.29 is 31.5 Å². The molecule has 0 amide bonds. The van der Waals surface area contributed by atoms with Crippen molar-refractivity contribution in [2.24, 2.45) is 0 Å². The van der Waals surface area contributed by atoms with Crippen LogP contribution in [0, 0.1) is 0 Å². The molecule has 0 atom stereocenters. The van der Waals surface area contributed by atoms with Gasteiger partial charge in [-0.05, 0) is 36.6 Å². The number of sulfonamides is 1. The predicted octanol–water partition coefficient (Wildman–Crippen LogP) is 4.70. The summed E-state index contributed by atoms with van der Waals surface area (Å²) in [4.78, 5) is 15.3. The maximum Gasteiger partial charge on any atom is 0.490 e. The van der Waals surface area contributed by atoms with E-state index < -0.39 is 22.2 Å². The Morgan fingerprint density at radius 3 is 2.35 bits per heavy atom. The van der Waals surface area contributed by atoms with Crippen LogP contribution in [0.15, 0.2) is 59.8 Å². The number of nitrogens with one attached hydrogen (secondary N) is 2. The number of rotatable bonds is 7. The summed E-state index contributed by atoms with van der Waals surface area (Å²) in [5, 5.41) is 11.2. The lowest BCUT2D eigenvalue weighted by atomic mass is 10.0. The Kier molecular flexibility index (Phi) is 9.70. The van der Waals surface area contributed by atoms with E-state index in [4.69, 9.17) is 21.5 Å². The Balaban J connectivity index is 0.000000479. The summed E-state index contributed by atoms with van der Waals surface area (Å²) in [6, 6.07) is 15.5. The first-order chi connectivity index (χ1) is 17.4. The number of carbonyl (C=O) groups is 1. The van der Waals surface area contributed by atoms with Crippen LogP contribution < -0.4 is 10.0 Å². The molecular weight excluding hydrogens is 555 g/mol. The summed E-state index contributed by atoms with van der Waals surface area (Å²) in [5.41, 5.74) is 2.07. The number of piperidine rings is 1. The number of anilines is 2. The maximum atomic E-state index is 12.5. The van der Waals surface area contributed by atoms with Gasteiger partial charge in [-0.25, -0.2) is 18.2 Å². The SMILES string of the molecule is O=C(O)C(F)(F)F.O=S(=O)(Nc1ncns1)c1ccc(NC2CCN(Cc3ccccc3)CC2)c(Cl)c1. The maximum absolute atomic E-state index is 12.5. The number of hydrogen-bond donors (Lipinski definition) is 3. The fourth-order valence-electron chi connectivity index (χ4n) is 3.47. The van der Waals surface area contributed by atoms with Crippen LogP contribution in [-0.2, 0) is 21.4 Å². The van der Waals surface area contributed by atoms with Crippen LogP contribution in [0.4, 0.5) is 24.0 Å². The second kappa shape index (κ2) is 12.5. The van der Waals surface area contributed by atoms with Gasteiger partial charge in [0.1, 0.15) is 6.33 Å². The van der Waals surface area contributed by atoms with Crippen LogP contribution in [0.1, 0.15) is 18.4 Å². The van der Waals surface area contributed by atoms with E-state index in [0.29, 0.717) is 11.1 Å². The molecule has 4 rings (SSSR count). The average molecular weight is 578 g/mol. The van der Waals surface area contributed by atoms with Crippen LogP contribution >= 0.6 is 23.1 Å². The average Bonchev–Trinajstić information content (AvgIpc) is 3.34. The van der Waals surface area contributed by atoms with Gasteiger partial charge in [0.15, 0.2) is 0 Å². The predicted molar refractivity (Wildman–Crippen MR) is 134 cm³/mol. The molecule has 2 aromatic carbocycles. The molecule has 9 nitrogen and oxygen atoms in total. The lowest BCUT2D eigenvalue weighted by molar-refractivity contribution is -0.192. The molecule has 0 spiro atoms. The second-order valence-electron chi connectivity index (χ2n) is 7.98. The largest absolute Gasteiger partial charge is 0.490 e. The number of carboxylic acids is 1. The number of halogens is 4. The van der Waals surface area contributed by atoms with E-state index in [1.807, 2.05) is 6.07 Å². The number of hydrogen-bond acceptors (Lipinski definition) is 8. The van der Waals surface area contributed by atoms with E-state index in [1.54, 1.807) is 12.1 Å². The van der Waals surface area contributed by atoms with E-state index >= 15 is 0 Å². The smallest absolute Gasteiger partial charge is 0.475 e. The Bertz CT molecular complexity index is 1270. The third-order valence-electron chi connectivity index (χ3n) is 5.27. The Hall–Kier alpha value is -2.94. The van der Waals surface area contributed by atoms with Gasteiger partial charge >= 0.3 is 12.1 Å². The van der Waals surface area contributed by atoms with Crippen molar-refractivity contribution in [3.8, 4) is 0 Å². The van der Waals surface area contributed by atoms with Crippen LogP contribution in [-0.4, -0.2) is 59.1 Å². The van der Waals surface area contributed by atoms with Crippen molar-refractivity contribution in [3.05, 3.63) is 65.4 Å². The first-order valence-corrected chi connectivity index (χ1v) is 13.5. The number of aliphatic carboxylic acids is 1. The molecule has 0 bridgehead atoms. The molecule has 3 N–H and O–H groups in total. The number of nitrogens with zero attached hydrogens (tertiary/aromatic N) is 3. The van der Waals surface area contributed by atoms with Crippen molar-refractivity contribution in [2.75, 3.05) is 23.1 Å². The van der Waals surface area contributed by atoms with E-state index in [-0.39, 0.29) is 10.0 Å². The second-order valence-corrected chi connectivity index (χ2v) is 10.8. The third-order valence-corrected chi connectivity index (χ3v) is 7.63. The molecular formula is C22H23ClF3N5O4S2. The standard InChI is InChI=1S/C20H22ClN5O2S2.C2HF3O2/c21-18-12-17(30(27,28)25-20-22-14-23-29-20)6-7-19(18)24-16-8-10-26(11-9-16)13-15-4-2-1-3-5-15;3-2(4,5)1(6)7/h1-7,12,14,16,24H,8-11,13H2,(H,22,23,25);(H,6,7). The van der Waals surface area contributed by atoms with Crippen LogP contribution in [0.25, 0.3) is 0 Å². The van der Waals surface area contributed by atoms with Gasteiger partial charge in [-0.1, -0.05) is 41.9 Å². The highest BCUT2D eigenvalue weighted by Crippen LogP contribution is 2.28. The van der Waals surface area contributed by atoms with Gasteiger partial charge in [0, 0.05) is 37.2 Å². The molecule has 1 saturated heterocycles. The Morgan fingerprint density at radius 1 is 1.16 bits per heavy atom. The molecule has 2 heterocycles. The summed E-state index contributed by atoms with van der Waals surface area (Å²) < 4.78 is 62.9. The molecule has 15 heteroatoms. The fraction of sp³-hybridized carbons (Fsp3) is 0.318. The molecule has 3 aromatic rings. The van der Waals surface area contributed by atoms with Gasteiger partial charge in [0.2, 0.25) is 5.13 Å². The van der Waals surface area contributed by atoms with Gasteiger partial charge in [-0.3, -0.25) is 9.62 Å². The first kappa shape index (κ1) is 28.6. The van der Waals surface area contributed by atoms with Crippen molar-refractivity contribution in [1.82, 2.24) is 14.3 Å². The molecule has 1 aromatic heterocycles. The van der Waals surface area contributed by atoms with Gasteiger partial charge in [0.25, 0.3) is 10.0 Å². The number of aromatic nitrogens is 2. The molecule has 200 valence electrons. The lowest BCUT2D eigenvalue weighted by Crippen LogP contribution is -2.38. The van der Waals surface area contributed by atoms with Crippen LogP contribution in [0.3, 0.4) is 0 Å². The van der Waals surface area contributed by atoms with Crippen molar-refractivity contribution in [1.29, 1.82) is 0 Å². The first-order valence-electron chi connectivity index (χ1n) is 10.9. The van der Waals surface area contributed by atoms with Gasteiger partial charge in [-0.2, -0.15) is 17.5 Å². The molecule has 0 unspecified atom stereocenters. The monoisotopic (exact) mass is 577 g/mol. The highest BCUT2D eigenvalue weighted by atomic mass is 35.5. The molecule has 0 saturated carbocycles. The summed E-state index contributed by atoms with van der Waals surface area (Å²) in [6.45, 7) is 2.97. The minimum absolute atomic E-state index is 0.0888. The normalized spacial score (nSPS) is 14.9. The highest BCUT2D eigenvalue weighted by molar-refractivity contribution is 7.93. The number of benzene rings is 2. The van der Waals surface area contributed by atoms with E-state index in [2.05, 4.69) is 48.6 Å². The van der Waals surface area contributed by atoms with E-state index in [0.717, 1.165) is 49.7 Å². The Labute approximate surface area is 220 Å². The van der Waals surface area contributed by atoms with Crippen molar-refractivity contribution in [3.63, 3.8) is 0 Å². The van der Waals surface area contributed by atoms with Gasteiger partial charge < -0.3 is 10.4 Å². The quantitative estimate of drug-likeness (QED) is 0.369. The highest BCUT2D eigenvalue weighted by Gasteiger charge is 2.38. The Morgan fingerprint density at radius 2 is 1.81 bits per heavy atom. The zero-order valence-corrected chi connectivity index (χ0v) is 21.5. The number of alkyl halides is 3. The van der Waals surface area contributed by atoms with Crippen LogP contribution in [0.5, 0.6) is 0 Å². The molecule has 1 aliphatic rings. The number of likely N-dealkylation sites (tertiary alicyclic amines) is 1. The zero-order valence-electron chi connectivity index (χ0n) is 19.2. The van der Waals surface area contributed by atoms with E-state index in [9.17, 15) is 21.6 Å². The minimum Gasteiger partial charge on any atom is -0.475 e. The molecule has 37 heavy (non-hydrogen) atoms. The van der Waals surface area contributed by atoms with E-state index in [1.165, 1.54) is 18.0 Å². The fourth-order valence-corrected chi connectivity index (χ4v) is 5.46. The molecule has 0 aliphatic carbocycles. The summed E-state index contributed by atoms with van der Waals surface area (Å²) in [7, 11) is -3.75. The topological polar surface area (TPSA) is 125 Å². The minimum atomic E-state index is -5.08. The lowest BCUT2D eigenvalue weighted by Gasteiger charge is -2.33. The summed E-state index contributed by atoms with van der Waals surface area (Å²) >= 11 is 7.36. The van der Waals surface area contributed by atoms with Crippen molar-refractivity contribution in [2.45, 2.75) is 36.5 Å². The molecule has 1 aliphatic heterocycles. The van der Waals surface area contributed by atoms with Crippen molar-refractivity contribution >= 4 is 49.9 Å². The van der Waals surface area contributed by atoms with Crippen LogP contribution in [0.2, 0.25) is 5.02 Å².